The van der Waals surface area contributed by atoms with E-state index in [2.05, 4.69) is 15.2 Å². The van der Waals surface area contributed by atoms with Crippen molar-refractivity contribution in [1.29, 1.82) is 0 Å². The maximum Gasteiger partial charge on any atom is 0.224 e. The van der Waals surface area contributed by atoms with E-state index in [1.54, 1.807) is 13.2 Å². The number of hydrogen-bond donors (Lipinski definition) is 2. The highest BCUT2D eigenvalue weighted by molar-refractivity contribution is 5.98. The zero-order valence-corrected chi connectivity index (χ0v) is 12.1. The fraction of sp³-hybridized carbons (Fsp3) is 0.333. The Morgan fingerprint density at radius 3 is 2.90 bits per heavy atom. The quantitative estimate of drug-likeness (QED) is 0.830. The molecule has 0 fully saturated rings. The number of carbonyl (C=O) groups is 1. The van der Waals surface area contributed by atoms with Gasteiger partial charge in [-0.3, -0.25) is 9.78 Å². The maximum atomic E-state index is 11.6. The number of amides is 1. The van der Waals surface area contributed by atoms with E-state index >= 15 is 0 Å². The first-order valence-corrected chi connectivity index (χ1v) is 6.60. The number of aromatic nitrogens is 1. The lowest BCUT2D eigenvalue weighted by Crippen LogP contribution is -2.34. The maximum absolute atomic E-state index is 11.6. The summed E-state index contributed by atoms with van der Waals surface area (Å²) < 4.78 is 0. The Morgan fingerprint density at radius 1 is 1.45 bits per heavy atom. The van der Waals surface area contributed by atoms with Gasteiger partial charge in [0.1, 0.15) is 0 Å². The molecule has 0 aliphatic heterocycles. The van der Waals surface area contributed by atoms with Crippen LogP contribution in [0.3, 0.4) is 0 Å². The van der Waals surface area contributed by atoms with Crippen molar-refractivity contribution in [1.82, 2.24) is 10.3 Å². The van der Waals surface area contributed by atoms with Gasteiger partial charge in [-0.1, -0.05) is 19.1 Å². The van der Waals surface area contributed by atoms with Crippen molar-refractivity contribution < 1.29 is 4.79 Å². The Labute approximate surface area is 118 Å². The van der Waals surface area contributed by atoms with Gasteiger partial charge in [0.25, 0.3) is 0 Å². The third-order valence-electron chi connectivity index (χ3n) is 3.43. The minimum Gasteiger partial charge on any atom is -0.397 e. The smallest absolute Gasteiger partial charge is 0.224 e. The van der Waals surface area contributed by atoms with E-state index < -0.39 is 0 Å². The normalized spacial score (nSPS) is 12.2. The number of nitrogens with zero attached hydrogens (tertiary/aromatic N) is 2. The van der Waals surface area contributed by atoms with Gasteiger partial charge < -0.3 is 16.0 Å². The van der Waals surface area contributed by atoms with Gasteiger partial charge >= 0.3 is 0 Å². The monoisotopic (exact) mass is 272 g/mol. The van der Waals surface area contributed by atoms with Gasteiger partial charge in [-0.2, -0.15) is 0 Å². The van der Waals surface area contributed by atoms with Crippen LogP contribution in [0.4, 0.5) is 11.4 Å². The number of nitrogens with two attached hydrogens (primary N) is 1. The minimum absolute atomic E-state index is 0.0368. The van der Waals surface area contributed by atoms with Crippen LogP contribution in [0.25, 0.3) is 10.9 Å². The van der Waals surface area contributed by atoms with Gasteiger partial charge in [-0.25, -0.2) is 0 Å². The summed E-state index contributed by atoms with van der Waals surface area (Å²) in [6.45, 7) is 2.54. The van der Waals surface area contributed by atoms with Gasteiger partial charge in [0.05, 0.1) is 17.1 Å². The molecule has 0 spiro atoms. The molecule has 0 saturated carbocycles. The van der Waals surface area contributed by atoms with Crippen LogP contribution in [0, 0.1) is 5.92 Å². The molecular formula is C15H20N4O. The Morgan fingerprint density at radius 2 is 2.20 bits per heavy atom. The first-order chi connectivity index (χ1) is 9.54. The number of nitrogen functional groups attached to an aromatic ring is 1. The van der Waals surface area contributed by atoms with E-state index in [0.29, 0.717) is 12.2 Å². The van der Waals surface area contributed by atoms with Crippen LogP contribution in [-0.4, -0.2) is 31.5 Å². The molecule has 5 nitrogen and oxygen atoms in total. The minimum atomic E-state index is -0.0886. The van der Waals surface area contributed by atoms with Crippen molar-refractivity contribution in [3.63, 3.8) is 0 Å². The number of fused-ring (bicyclic) bond motifs is 1. The second kappa shape index (κ2) is 5.77. The molecule has 1 amide bonds. The number of rotatable bonds is 4. The number of hydrogen-bond acceptors (Lipinski definition) is 4. The number of para-hydroxylation sites is 1. The van der Waals surface area contributed by atoms with Crippen molar-refractivity contribution >= 4 is 28.2 Å². The van der Waals surface area contributed by atoms with Gasteiger partial charge in [-0.05, 0) is 12.1 Å². The van der Waals surface area contributed by atoms with E-state index in [4.69, 9.17) is 5.73 Å². The van der Waals surface area contributed by atoms with Crippen molar-refractivity contribution in [2.24, 2.45) is 5.92 Å². The number of carbonyl (C=O) groups excluding carboxylic acids is 1. The highest BCUT2D eigenvalue weighted by Crippen LogP contribution is 2.28. The molecule has 1 atom stereocenters. The van der Waals surface area contributed by atoms with Gasteiger partial charge in [0.2, 0.25) is 5.91 Å². The van der Waals surface area contributed by atoms with Crippen molar-refractivity contribution in [2.45, 2.75) is 6.92 Å². The summed E-state index contributed by atoms with van der Waals surface area (Å²) in [6.07, 6.45) is 1.75. The zero-order valence-electron chi connectivity index (χ0n) is 12.1. The van der Waals surface area contributed by atoms with Crippen LogP contribution in [0.2, 0.25) is 0 Å². The lowest BCUT2D eigenvalue weighted by molar-refractivity contribution is -0.123. The largest absolute Gasteiger partial charge is 0.397 e. The number of nitrogens with one attached hydrogen (secondary N) is 1. The van der Waals surface area contributed by atoms with Crippen LogP contribution >= 0.6 is 0 Å². The summed E-state index contributed by atoms with van der Waals surface area (Å²) >= 11 is 0. The summed E-state index contributed by atoms with van der Waals surface area (Å²) in [5, 5.41) is 3.67. The van der Waals surface area contributed by atoms with E-state index in [-0.39, 0.29) is 11.8 Å². The Kier molecular flexibility index (Phi) is 4.08. The molecule has 2 aromatic rings. The lowest BCUT2D eigenvalue weighted by atomic mass is 10.1. The van der Waals surface area contributed by atoms with Crippen LogP contribution in [0.1, 0.15) is 6.92 Å². The molecule has 106 valence electrons. The zero-order chi connectivity index (χ0) is 14.7. The van der Waals surface area contributed by atoms with Crippen LogP contribution in [-0.2, 0) is 4.79 Å². The molecular weight excluding hydrogens is 252 g/mol. The van der Waals surface area contributed by atoms with Gasteiger partial charge in [0.15, 0.2) is 0 Å². The number of pyridine rings is 1. The van der Waals surface area contributed by atoms with Crippen LogP contribution in [0.5, 0.6) is 0 Å². The van der Waals surface area contributed by atoms with E-state index in [1.807, 2.05) is 38.2 Å². The predicted octanol–water partition coefficient (Wildman–Crippen LogP) is 1.64. The highest BCUT2D eigenvalue weighted by Gasteiger charge is 2.15. The summed E-state index contributed by atoms with van der Waals surface area (Å²) in [7, 11) is 3.62. The molecule has 20 heavy (non-hydrogen) atoms. The first kappa shape index (κ1) is 14.1. The lowest BCUT2D eigenvalue weighted by Gasteiger charge is -2.24. The molecule has 0 aliphatic rings. The van der Waals surface area contributed by atoms with Crippen molar-refractivity contribution in [3.8, 4) is 0 Å². The Bertz CT molecular complexity index is 626. The summed E-state index contributed by atoms with van der Waals surface area (Å²) in [4.78, 5) is 18.0. The molecule has 1 aromatic heterocycles. The molecule has 0 radical (unpaired) electrons. The van der Waals surface area contributed by atoms with Crippen molar-refractivity contribution in [3.05, 3.63) is 30.5 Å². The van der Waals surface area contributed by atoms with E-state index in [0.717, 1.165) is 16.6 Å². The Balaban J connectivity index is 2.33. The molecule has 1 unspecified atom stereocenters. The van der Waals surface area contributed by atoms with Crippen LogP contribution in [0.15, 0.2) is 30.5 Å². The fourth-order valence-electron chi connectivity index (χ4n) is 2.36. The summed E-state index contributed by atoms with van der Waals surface area (Å²) in [5.41, 5.74) is 8.44. The molecule has 1 aromatic carbocycles. The topological polar surface area (TPSA) is 71.2 Å². The third kappa shape index (κ3) is 2.66. The first-order valence-electron chi connectivity index (χ1n) is 6.60. The molecule has 1 heterocycles. The molecule has 0 bridgehead atoms. The third-order valence-corrected chi connectivity index (χ3v) is 3.43. The SMILES string of the molecule is CNC(=O)C(C)CN(C)c1ccnc2c(N)cccc12. The molecule has 0 aliphatic carbocycles. The molecule has 5 heteroatoms. The molecule has 2 rings (SSSR count). The molecule has 0 saturated heterocycles. The van der Waals surface area contributed by atoms with Gasteiger partial charge in [-0.15, -0.1) is 0 Å². The predicted molar refractivity (Wildman–Crippen MR) is 82.7 cm³/mol. The van der Waals surface area contributed by atoms with Crippen LogP contribution < -0.4 is 16.0 Å². The highest BCUT2D eigenvalue weighted by atomic mass is 16.1. The molecule has 3 N–H and O–H groups in total. The average molecular weight is 272 g/mol. The fourth-order valence-corrected chi connectivity index (χ4v) is 2.36. The average Bonchev–Trinajstić information content (AvgIpc) is 2.46. The van der Waals surface area contributed by atoms with Crippen molar-refractivity contribution in [2.75, 3.05) is 31.3 Å². The summed E-state index contributed by atoms with van der Waals surface area (Å²) in [5.74, 6) is -0.0519. The van der Waals surface area contributed by atoms with E-state index in [9.17, 15) is 4.79 Å². The van der Waals surface area contributed by atoms with E-state index in [1.165, 1.54) is 0 Å². The Hall–Kier alpha value is -2.30. The second-order valence-electron chi connectivity index (χ2n) is 4.97. The van der Waals surface area contributed by atoms with Gasteiger partial charge in [0, 0.05) is 37.9 Å². The summed E-state index contributed by atoms with van der Waals surface area (Å²) in [6, 6.07) is 7.69. The number of anilines is 2. The second-order valence-corrected chi connectivity index (χ2v) is 4.97. The number of benzene rings is 1. The standard InChI is InChI=1S/C15H20N4O/c1-10(15(20)17-2)9-19(3)13-7-8-18-14-11(13)5-4-6-12(14)16/h4-8,10H,9,16H2,1-3H3,(H,17,20).